The first-order valence-electron chi connectivity index (χ1n) is 4.77. The smallest absolute Gasteiger partial charge is 0.417 e. The molecule has 0 unspecified atom stereocenters. The molecular formula is C11H9F3N2O2. The van der Waals surface area contributed by atoms with E-state index in [1.54, 1.807) is 0 Å². The molecule has 7 heteroatoms. The zero-order valence-electron chi connectivity index (χ0n) is 9.34. The standard InChI is InChI=1S/C11H9F3N2O2/c1-18-10(17)8-3-9(11(12,13)14)7(5-16)2-6(8)4-15/h2-3H,4,15H2,1H3. The number of alkyl halides is 3. The minimum Gasteiger partial charge on any atom is -0.465 e. The third-order valence-electron chi connectivity index (χ3n) is 2.29. The molecule has 0 spiro atoms. The largest absolute Gasteiger partial charge is 0.465 e. The minimum atomic E-state index is -4.72. The number of benzene rings is 1. The number of rotatable bonds is 2. The second kappa shape index (κ2) is 5.06. The molecule has 0 aromatic heterocycles. The highest BCUT2D eigenvalue weighted by atomic mass is 19.4. The van der Waals surface area contributed by atoms with E-state index in [-0.39, 0.29) is 17.7 Å². The molecule has 0 saturated heterocycles. The molecule has 0 amide bonds. The SMILES string of the molecule is COC(=O)c1cc(C(F)(F)F)c(C#N)cc1CN. The van der Waals surface area contributed by atoms with Crippen molar-refractivity contribution in [3.63, 3.8) is 0 Å². The number of nitriles is 1. The van der Waals surface area contributed by atoms with Crippen LogP contribution in [0.15, 0.2) is 12.1 Å². The first-order chi connectivity index (χ1) is 8.35. The second-order valence-corrected chi connectivity index (χ2v) is 3.36. The lowest BCUT2D eigenvalue weighted by molar-refractivity contribution is -0.137. The van der Waals surface area contributed by atoms with E-state index in [1.165, 1.54) is 6.07 Å². The molecule has 0 heterocycles. The number of ether oxygens (including phenoxy) is 1. The van der Waals surface area contributed by atoms with E-state index in [9.17, 15) is 18.0 Å². The van der Waals surface area contributed by atoms with Gasteiger partial charge in [-0.15, -0.1) is 0 Å². The molecule has 1 rings (SSSR count). The zero-order chi connectivity index (χ0) is 13.9. The maximum Gasteiger partial charge on any atom is 0.417 e. The van der Waals surface area contributed by atoms with Crippen LogP contribution in [0.4, 0.5) is 13.2 Å². The Labute approximate surface area is 101 Å². The average Bonchev–Trinajstić information content (AvgIpc) is 2.34. The Bertz CT molecular complexity index is 518. The molecule has 0 aliphatic carbocycles. The summed E-state index contributed by atoms with van der Waals surface area (Å²) in [5.41, 5.74) is 3.42. The van der Waals surface area contributed by atoms with E-state index in [0.29, 0.717) is 6.07 Å². The van der Waals surface area contributed by atoms with Crippen molar-refractivity contribution in [3.05, 3.63) is 34.4 Å². The summed E-state index contributed by atoms with van der Waals surface area (Å²) in [5.74, 6) is -0.926. The Morgan fingerprint density at radius 2 is 2.11 bits per heavy atom. The minimum absolute atomic E-state index is 0.131. The number of carbonyl (C=O) groups excluding carboxylic acids is 1. The molecule has 1 aromatic carbocycles. The van der Waals surface area contributed by atoms with Crippen molar-refractivity contribution in [1.29, 1.82) is 5.26 Å². The van der Waals surface area contributed by atoms with Crippen molar-refractivity contribution >= 4 is 5.97 Å². The van der Waals surface area contributed by atoms with E-state index in [0.717, 1.165) is 13.2 Å². The van der Waals surface area contributed by atoms with Crippen molar-refractivity contribution in [2.24, 2.45) is 5.73 Å². The van der Waals surface area contributed by atoms with Crippen LogP contribution in [-0.2, 0) is 17.5 Å². The van der Waals surface area contributed by atoms with Crippen LogP contribution in [0.3, 0.4) is 0 Å². The van der Waals surface area contributed by atoms with Crippen molar-refractivity contribution in [2.75, 3.05) is 7.11 Å². The van der Waals surface area contributed by atoms with E-state index >= 15 is 0 Å². The van der Waals surface area contributed by atoms with Gasteiger partial charge in [-0.05, 0) is 17.7 Å². The van der Waals surface area contributed by atoms with Crippen molar-refractivity contribution in [1.82, 2.24) is 0 Å². The summed E-state index contributed by atoms with van der Waals surface area (Å²) in [6, 6.07) is 2.98. The van der Waals surface area contributed by atoms with Gasteiger partial charge in [-0.3, -0.25) is 0 Å². The van der Waals surface area contributed by atoms with E-state index < -0.39 is 23.3 Å². The molecule has 2 N–H and O–H groups in total. The Kier molecular flexibility index (Phi) is 3.93. The van der Waals surface area contributed by atoms with Gasteiger partial charge in [-0.2, -0.15) is 18.4 Å². The van der Waals surface area contributed by atoms with Gasteiger partial charge in [-0.25, -0.2) is 4.79 Å². The summed E-state index contributed by atoms with van der Waals surface area (Å²) in [6.45, 7) is -0.169. The van der Waals surface area contributed by atoms with E-state index in [2.05, 4.69) is 4.74 Å². The highest BCUT2D eigenvalue weighted by Gasteiger charge is 2.35. The normalized spacial score (nSPS) is 10.9. The number of hydrogen-bond donors (Lipinski definition) is 1. The highest BCUT2D eigenvalue weighted by Crippen LogP contribution is 2.33. The van der Waals surface area contributed by atoms with Crippen LogP contribution in [0, 0.1) is 11.3 Å². The van der Waals surface area contributed by atoms with Gasteiger partial charge in [0.05, 0.1) is 29.9 Å². The van der Waals surface area contributed by atoms with Crippen LogP contribution < -0.4 is 5.73 Å². The number of methoxy groups -OCH3 is 1. The fourth-order valence-corrected chi connectivity index (χ4v) is 1.44. The molecule has 0 atom stereocenters. The fourth-order valence-electron chi connectivity index (χ4n) is 1.44. The predicted molar refractivity (Wildman–Crippen MR) is 55.4 cm³/mol. The maximum atomic E-state index is 12.7. The molecule has 0 bridgehead atoms. The van der Waals surface area contributed by atoms with E-state index in [1.807, 2.05) is 0 Å². The number of carbonyl (C=O) groups is 1. The van der Waals surface area contributed by atoms with Gasteiger partial charge in [0, 0.05) is 6.54 Å². The molecular weight excluding hydrogens is 249 g/mol. The summed E-state index contributed by atoms with van der Waals surface area (Å²) in [6.07, 6.45) is -4.72. The average molecular weight is 258 g/mol. The van der Waals surface area contributed by atoms with Gasteiger partial charge in [0.2, 0.25) is 0 Å². The molecule has 0 saturated carbocycles. The second-order valence-electron chi connectivity index (χ2n) is 3.36. The lowest BCUT2D eigenvalue weighted by Crippen LogP contribution is -2.15. The van der Waals surface area contributed by atoms with Gasteiger partial charge in [-0.1, -0.05) is 0 Å². The number of halogens is 3. The van der Waals surface area contributed by atoms with Gasteiger partial charge < -0.3 is 10.5 Å². The fraction of sp³-hybridized carbons (Fsp3) is 0.273. The first-order valence-corrected chi connectivity index (χ1v) is 4.77. The Morgan fingerprint density at radius 1 is 1.50 bits per heavy atom. The maximum absolute atomic E-state index is 12.7. The summed E-state index contributed by atoms with van der Waals surface area (Å²) in [7, 11) is 1.05. The number of nitrogens with zero attached hydrogens (tertiary/aromatic N) is 1. The van der Waals surface area contributed by atoms with Crippen molar-refractivity contribution in [2.45, 2.75) is 12.7 Å². The number of nitrogens with two attached hydrogens (primary N) is 1. The third kappa shape index (κ3) is 2.60. The van der Waals surface area contributed by atoms with Crippen LogP contribution in [0.2, 0.25) is 0 Å². The molecule has 0 radical (unpaired) electrons. The summed E-state index contributed by atoms with van der Waals surface area (Å²) in [5, 5.41) is 8.68. The van der Waals surface area contributed by atoms with Gasteiger partial charge in [0.15, 0.2) is 0 Å². The van der Waals surface area contributed by atoms with Crippen molar-refractivity contribution in [3.8, 4) is 6.07 Å². The van der Waals surface area contributed by atoms with Crippen LogP contribution in [-0.4, -0.2) is 13.1 Å². The van der Waals surface area contributed by atoms with E-state index in [4.69, 9.17) is 11.0 Å². The first kappa shape index (κ1) is 14.0. The predicted octanol–water partition coefficient (Wildman–Crippen LogP) is 1.82. The zero-order valence-corrected chi connectivity index (χ0v) is 9.34. The quantitative estimate of drug-likeness (QED) is 0.821. The molecule has 96 valence electrons. The van der Waals surface area contributed by atoms with Crippen LogP contribution in [0.25, 0.3) is 0 Å². The van der Waals surface area contributed by atoms with Crippen molar-refractivity contribution < 1.29 is 22.7 Å². The molecule has 0 fully saturated rings. The molecule has 1 aromatic rings. The molecule has 4 nitrogen and oxygen atoms in total. The lowest BCUT2D eigenvalue weighted by Gasteiger charge is -2.13. The number of esters is 1. The topological polar surface area (TPSA) is 76.1 Å². The third-order valence-corrected chi connectivity index (χ3v) is 2.29. The molecule has 18 heavy (non-hydrogen) atoms. The van der Waals surface area contributed by atoms with Crippen LogP contribution in [0.1, 0.15) is 27.0 Å². The van der Waals surface area contributed by atoms with Gasteiger partial charge >= 0.3 is 12.1 Å². The Balaban J connectivity index is 3.55. The Hall–Kier alpha value is -2.07. The Morgan fingerprint density at radius 3 is 2.50 bits per heavy atom. The monoisotopic (exact) mass is 258 g/mol. The van der Waals surface area contributed by atoms with Gasteiger partial charge in [0.1, 0.15) is 0 Å². The molecule has 0 aliphatic heterocycles. The molecule has 0 aliphatic rings. The highest BCUT2D eigenvalue weighted by molar-refractivity contribution is 5.91. The summed E-state index contributed by atoms with van der Waals surface area (Å²) < 4.78 is 42.4. The lowest BCUT2D eigenvalue weighted by atomic mass is 9.98. The summed E-state index contributed by atoms with van der Waals surface area (Å²) >= 11 is 0. The van der Waals surface area contributed by atoms with Crippen LogP contribution in [0.5, 0.6) is 0 Å². The van der Waals surface area contributed by atoms with Gasteiger partial charge in [0.25, 0.3) is 0 Å². The summed E-state index contributed by atoms with van der Waals surface area (Å²) in [4.78, 5) is 11.3. The number of hydrogen-bond acceptors (Lipinski definition) is 4. The van der Waals surface area contributed by atoms with Crippen LogP contribution >= 0.6 is 0 Å².